The van der Waals surface area contributed by atoms with Crippen molar-refractivity contribution in [2.75, 3.05) is 31.1 Å². The highest BCUT2D eigenvalue weighted by Gasteiger charge is 2.40. The Bertz CT molecular complexity index is 1560. The molecular formula is C31H31F2N5O2. The molecule has 1 N–H and O–H groups in total. The van der Waals surface area contributed by atoms with Gasteiger partial charge in [0.05, 0.1) is 22.8 Å². The van der Waals surface area contributed by atoms with Crippen molar-refractivity contribution in [2.45, 2.75) is 51.6 Å². The molecule has 0 bridgehead atoms. The summed E-state index contributed by atoms with van der Waals surface area (Å²) in [5.74, 6) is 0.414. The number of piperazine rings is 1. The highest BCUT2D eigenvalue weighted by atomic mass is 19.1. The van der Waals surface area contributed by atoms with E-state index in [1.54, 1.807) is 22.8 Å². The first-order valence-electron chi connectivity index (χ1n) is 13.6. The van der Waals surface area contributed by atoms with Gasteiger partial charge in [0.15, 0.2) is 0 Å². The van der Waals surface area contributed by atoms with Gasteiger partial charge in [0.25, 0.3) is 5.91 Å². The van der Waals surface area contributed by atoms with Crippen LogP contribution >= 0.6 is 0 Å². The molecule has 9 heteroatoms. The average molecular weight is 544 g/mol. The van der Waals surface area contributed by atoms with Gasteiger partial charge in [-0.3, -0.25) is 9.59 Å². The molecule has 1 fully saturated rings. The van der Waals surface area contributed by atoms with E-state index in [-0.39, 0.29) is 17.5 Å². The lowest BCUT2D eigenvalue weighted by Gasteiger charge is -2.42. The number of anilines is 1. The van der Waals surface area contributed by atoms with Crippen molar-refractivity contribution in [3.05, 3.63) is 64.4 Å². The fourth-order valence-electron chi connectivity index (χ4n) is 6.15. The van der Waals surface area contributed by atoms with Gasteiger partial charge >= 0.3 is 0 Å². The normalized spacial score (nSPS) is 18.8. The van der Waals surface area contributed by atoms with Crippen LogP contribution in [0.2, 0.25) is 0 Å². The summed E-state index contributed by atoms with van der Waals surface area (Å²) in [5, 5.41) is 10.6. The molecule has 0 radical (unpaired) electrons. The van der Waals surface area contributed by atoms with Gasteiger partial charge in [-0.1, -0.05) is 25.8 Å². The Morgan fingerprint density at radius 3 is 2.55 bits per heavy atom. The van der Waals surface area contributed by atoms with Gasteiger partial charge < -0.3 is 19.7 Å². The van der Waals surface area contributed by atoms with Crippen molar-refractivity contribution in [1.82, 2.24) is 14.8 Å². The van der Waals surface area contributed by atoms with E-state index in [4.69, 9.17) is 6.42 Å². The molecule has 40 heavy (non-hydrogen) atoms. The number of H-pyrrole nitrogens is 1. The zero-order valence-corrected chi connectivity index (χ0v) is 22.6. The van der Waals surface area contributed by atoms with Gasteiger partial charge in [-0.15, -0.1) is 6.42 Å². The molecule has 0 spiro atoms. The second-order valence-corrected chi connectivity index (χ2v) is 10.5. The van der Waals surface area contributed by atoms with Gasteiger partial charge in [-0.05, 0) is 48.1 Å². The van der Waals surface area contributed by atoms with Crippen molar-refractivity contribution in [2.24, 2.45) is 0 Å². The Morgan fingerprint density at radius 2 is 1.90 bits per heavy atom. The molecule has 0 saturated carbocycles. The number of rotatable bonds is 5. The van der Waals surface area contributed by atoms with Crippen LogP contribution in [-0.2, 0) is 16.0 Å². The Morgan fingerprint density at radius 1 is 1.15 bits per heavy atom. The molecule has 1 saturated heterocycles. The maximum atomic E-state index is 14.9. The van der Waals surface area contributed by atoms with E-state index in [9.17, 15) is 23.6 Å². The highest BCUT2D eigenvalue weighted by molar-refractivity contribution is 5.95. The van der Waals surface area contributed by atoms with Crippen molar-refractivity contribution < 1.29 is 18.4 Å². The summed E-state index contributed by atoms with van der Waals surface area (Å²) >= 11 is 0. The van der Waals surface area contributed by atoms with E-state index in [0.29, 0.717) is 61.2 Å². The van der Waals surface area contributed by atoms with Gasteiger partial charge in [-0.2, -0.15) is 5.26 Å². The van der Waals surface area contributed by atoms with Crippen molar-refractivity contribution in [3.8, 4) is 18.4 Å². The number of nitrogens with zero attached hydrogens (tertiary/aromatic N) is 4. The molecule has 2 aliphatic rings. The number of nitriles is 1. The molecule has 7 nitrogen and oxygen atoms in total. The Balaban J connectivity index is 1.63. The summed E-state index contributed by atoms with van der Waals surface area (Å²) in [6.07, 6.45) is 8.48. The monoisotopic (exact) mass is 543 g/mol. The molecule has 2 aliphatic heterocycles. The first-order valence-corrected chi connectivity index (χ1v) is 13.6. The molecule has 2 amide bonds. The van der Waals surface area contributed by atoms with E-state index < -0.39 is 23.6 Å². The molecule has 2 aromatic carbocycles. The number of carbonyl (C=O) groups is 2. The zero-order chi connectivity index (χ0) is 28.6. The quantitative estimate of drug-likeness (QED) is 0.475. The van der Waals surface area contributed by atoms with Gasteiger partial charge in [0.1, 0.15) is 17.7 Å². The number of terminal acetylenes is 1. The molecule has 3 heterocycles. The summed E-state index contributed by atoms with van der Waals surface area (Å²) in [6, 6.07) is 8.94. The third kappa shape index (κ3) is 4.77. The molecule has 1 aromatic heterocycles. The number of hydrogen-bond acceptors (Lipinski definition) is 4. The number of fused-ring (bicyclic) bond motifs is 3. The predicted molar refractivity (Wildman–Crippen MR) is 148 cm³/mol. The van der Waals surface area contributed by atoms with Crippen LogP contribution in [0.3, 0.4) is 0 Å². The second kappa shape index (κ2) is 11.0. The SMILES string of the molecule is C#CC(=O)N1[C@@H](CCCC)Cc2c([nH]c3c(F)cc(F)cc23)[C@@H]1c1ccc(N2CCN(C(C)=O)CC2)c(C#N)c1. The smallest absolute Gasteiger partial charge is 0.299 e. The number of benzene rings is 2. The van der Waals surface area contributed by atoms with Crippen molar-refractivity contribution in [1.29, 1.82) is 5.26 Å². The molecule has 2 atom stereocenters. The van der Waals surface area contributed by atoms with E-state index in [1.165, 1.54) is 6.07 Å². The van der Waals surface area contributed by atoms with Crippen LogP contribution in [-0.4, -0.2) is 58.8 Å². The van der Waals surface area contributed by atoms with Crippen LogP contribution in [0.1, 0.15) is 61.5 Å². The van der Waals surface area contributed by atoms with E-state index >= 15 is 0 Å². The lowest BCUT2D eigenvalue weighted by Crippen LogP contribution is -2.48. The van der Waals surface area contributed by atoms with E-state index in [2.05, 4.69) is 28.8 Å². The number of amides is 2. The number of aromatic nitrogens is 1. The first kappa shape index (κ1) is 27.2. The van der Waals surface area contributed by atoms with Crippen LogP contribution in [0.4, 0.5) is 14.5 Å². The fourth-order valence-corrected chi connectivity index (χ4v) is 6.15. The third-order valence-electron chi connectivity index (χ3n) is 8.12. The average Bonchev–Trinajstić information content (AvgIpc) is 3.32. The zero-order valence-electron chi connectivity index (χ0n) is 22.6. The third-order valence-corrected chi connectivity index (χ3v) is 8.12. The molecule has 206 valence electrons. The minimum Gasteiger partial charge on any atom is -0.367 e. The van der Waals surface area contributed by atoms with Gasteiger partial charge in [0, 0.05) is 56.3 Å². The first-order chi connectivity index (χ1) is 19.3. The number of carbonyl (C=O) groups excluding carboxylic acids is 2. The molecule has 5 rings (SSSR count). The highest BCUT2D eigenvalue weighted by Crippen LogP contribution is 2.43. The Hall–Kier alpha value is -4.37. The minimum absolute atomic E-state index is 0.0224. The van der Waals surface area contributed by atoms with E-state index in [1.807, 2.05) is 12.1 Å². The second-order valence-electron chi connectivity index (χ2n) is 10.5. The van der Waals surface area contributed by atoms with Crippen molar-refractivity contribution >= 4 is 28.4 Å². The maximum Gasteiger partial charge on any atom is 0.299 e. The topological polar surface area (TPSA) is 83.4 Å². The number of aromatic amines is 1. The minimum atomic E-state index is -0.709. The predicted octanol–water partition coefficient (Wildman–Crippen LogP) is 4.65. The van der Waals surface area contributed by atoms with E-state index in [0.717, 1.165) is 30.2 Å². The van der Waals surface area contributed by atoms with Crippen LogP contribution in [0.5, 0.6) is 0 Å². The summed E-state index contributed by atoms with van der Waals surface area (Å²) in [7, 11) is 0. The Kier molecular flexibility index (Phi) is 7.49. The van der Waals surface area contributed by atoms with Gasteiger partial charge in [0.2, 0.25) is 5.91 Å². The Labute approximate surface area is 232 Å². The number of hydrogen-bond donors (Lipinski definition) is 1. The summed E-state index contributed by atoms with van der Waals surface area (Å²) in [4.78, 5) is 33.7. The molecule has 0 aliphatic carbocycles. The largest absolute Gasteiger partial charge is 0.367 e. The standard InChI is InChI=1S/C31H31F2N5O2/c1-4-6-7-23-17-25-24-15-22(32)16-26(33)29(24)35-30(25)31(38(23)28(40)5-2)20-8-9-27(21(14-20)18-34)37-12-10-36(11-13-37)19(3)39/h2,8-9,14-16,23,31,35H,4,6-7,10-13,17H2,1,3H3/t23-,31-/m0/s1. The summed E-state index contributed by atoms with van der Waals surface area (Å²) in [6.45, 7) is 5.92. The van der Waals surface area contributed by atoms with Gasteiger partial charge in [-0.25, -0.2) is 8.78 Å². The number of halogens is 2. The fraction of sp³-hybridized carbons (Fsp3) is 0.387. The van der Waals surface area contributed by atoms with Crippen molar-refractivity contribution in [3.63, 3.8) is 0 Å². The lowest BCUT2D eigenvalue weighted by atomic mass is 9.85. The molecular weight excluding hydrogens is 512 g/mol. The maximum absolute atomic E-state index is 14.9. The van der Waals surface area contributed by atoms with Crippen LogP contribution < -0.4 is 4.90 Å². The molecule has 3 aromatic rings. The van der Waals surface area contributed by atoms with Crippen LogP contribution in [0, 0.1) is 35.3 Å². The number of unbranched alkanes of at least 4 members (excludes halogenated alkanes) is 1. The summed E-state index contributed by atoms with van der Waals surface area (Å²) < 4.78 is 29.2. The van der Waals surface area contributed by atoms with Crippen LogP contribution in [0.15, 0.2) is 30.3 Å². The summed E-state index contributed by atoms with van der Waals surface area (Å²) in [5.41, 5.74) is 3.33. The number of nitrogens with one attached hydrogen (secondary N) is 1. The van der Waals surface area contributed by atoms with Crippen LogP contribution in [0.25, 0.3) is 10.9 Å². The lowest BCUT2D eigenvalue weighted by molar-refractivity contribution is -0.130. The molecule has 0 unspecified atom stereocenters.